The number of halogens is 1. The third kappa shape index (κ3) is 11.6. The topological polar surface area (TPSA) is 239 Å². The van der Waals surface area contributed by atoms with Crippen LogP contribution >= 0.6 is 0 Å². The Balaban J connectivity index is 0.925. The number of carbonyl (C=O) groups is 7. The van der Waals surface area contributed by atoms with E-state index in [-0.39, 0.29) is 56.6 Å². The van der Waals surface area contributed by atoms with Crippen LogP contribution in [0, 0.1) is 12.7 Å². The number of ether oxygens (including phenoxy) is 1. The standard InChI is InChI=1S/C52H58FN9O9/c1-6-33(27-63)35-20-42-51-36(25-62(42)52(70)37(35)28-71-5)50-39(16-15-34-30(3)38(53)21-41(60-51)49(34)50)58-43(64)13-10-18-54-44(65)22-55-31(4)40(19-32-11-8-7-9-12-32)59-46(67)24-56-45(66)23-57-47(68)26-61-29(2)14-17-48(61)69/h7-9,11-12,14,17,20-21,27,33,39-40,55H,2,4,6,10,13,15-16,18-19,22-26,28H2,1,3,5H3,(H,54,65)(H,56,66)(H,57,68)(H,58,64)(H,59,67). The Morgan fingerprint density at radius 2 is 1.66 bits per heavy atom. The van der Waals surface area contributed by atoms with E-state index in [1.54, 1.807) is 11.5 Å². The molecule has 0 fully saturated rings. The molecule has 0 radical (unpaired) electrons. The van der Waals surface area contributed by atoms with Crippen molar-refractivity contribution in [1.29, 1.82) is 0 Å². The predicted octanol–water partition coefficient (Wildman–Crippen LogP) is 2.69. The molecule has 0 saturated carbocycles. The van der Waals surface area contributed by atoms with Crippen molar-refractivity contribution in [3.05, 3.63) is 134 Å². The summed E-state index contributed by atoms with van der Waals surface area (Å²) >= 11 is 0. The van der Waals surface area contributed by atoms with Gasteiger partial charge in [-0.25, -0.2) is 9.37 Å². The molecule has 18 nitrogen and oxygen atoms in total. The second-order valence-electron chi connectivity index (χ2n) is 17.8. The Labute approximate surface area is 409 Å². The molecule has 3 atom stereocenters. The molecule has 2 aliphatic heterocycles. The van der Waals surface area contributed by atoms with E-state index in [1.165, 1.54) is 25.3 Å². The summed E-state index contributed by atoms with van der Waals surface area (Å²) in [5.74, 6) is -3.73. The van der Waals surface area contributed by atoms with E-state index in [2.05, 4.69) is 45.1 Å². The van der Waals surface area contributed by atoms with Gasteiger partial charge >= 0.3 is 0 Å². The van der Waals surface area contributed by atoms with Crippen molar-refractivity contribution in [1.82, 2.24) is 46.4 Å². The Morgan fingerprint density at radius 1 is 0.944 bits per heavy atom. The second-order valence-corrected chi connectivity index (χ2v) is 17.8. The van der Waals surface area contributed by atoms with Crippen LogP contribution in [0.3, 0.4) is 0 Å². The zero-order valence-electron chi connectivity index (χ0n) is 40.0. The molecule has 2 aromatic carbocycles. The van der Waals surface area contributed by atoms with Crippen molar-refractivity contribution in [3.63, 3.8) is 0 Å². The van der Waals surface area contributed by atoms with Gasteiger partial charge in [0, 0.05) is 66.0 Å². The van der Waals surface area contributed by atoms with Crippen molar-refractivity contribution in [2.24, 2.45) is 0 Å². The predicted molar refractivity (Wildman–Crippen MR) is 262 cm³/mol. The minimum atomic E-state index is -0.688. The van der Waals surface area contributed by atoms with E-state index in [0.29, 0.717) is 77.1 Å². The van der Waals surface area contributed by atoms with Crippen molar-refractivity contribution in [3.8, 4) is 11.4 Å². The average molecular weight is 972 g/mol. The molecular formula is C52H58FN9O9. The number of methoxy groups -OCH3 is 1. The molecule has 1 aliphatic carbocycles. The molecule has 3 unspecified atom stereocenters. The molecular weight excluding hydrogens is 914 g/mol. The van der Waals surface area contributed by atoms with E-state index in [9.17, 15) is 38.4 Å². The number of pyridine rings is 2. The lowest BCUT2D eigenvalue weighted by atomic mass is 9.81. The van der Waals surface area contributed by atoms with Gasteiger partial charge in [-0.05, 0) is 79.0 Å². The van der Waals surface area contributed by atoms with Crippen LogP contribution in [-0.4, -0.2) is 102 Å². The highest BCUT2D eigenvalue weighted by atomic mass is 19.1. The fourth-order valence-corrected chi connectivity index (χ4v) is 9.28. The van der Waals surface area contributed by atoms with Gasteiger partial charge < -0.3 is 50.9 Å². The maximum atomic E-state index is 15.4. The van der Waals surface area contributed by atoms with Gasteiger partial charge in [0.25, 0.3) is 11.5 Å². The first-order chi connectivity index (χ1) is 34.1. The number of aldehydes is 1. The highest BCUT2D eigenvalue weighted by Gasteiger charge is 2.36. The smallest absolute Gasteiger partial charge is 0.257 e. The number of allylic oxidation sites excluding steroid dienone is 1. The van der Waals surface area contributed by atoms with E-state index in [0.717, 1.165) is 38.8 Å². The lowest BCUT2D eigenvalue weighted by molar-refractivity contribution is -0.131. The van der Waals surface area contributed by atoms with Crippen LogP contribution in [0.5, 0.6) is 0 Å². The first-order valence-electron chi connectivity index (χ1n) is 23.5. The summed E-state index contributed by atoms with van der Waals surface area (Å²) in [6, 6.07) is 11.3. The molecule has 19 heteroatoms. The maximum absolute atomic E-state index is 15.4. The number of nitrogens with one attached hydrogen (secondary N) is 6. The zero-order chi connectivity index (χ0) is 50.9. The summed E-state index contributed by atoms with van der Waals surface area (Å²) in [7, 11) is 1.49. The summed E-state index contributed by atoms with van der Waals surface area (Å²) in [6.45, 7) is 10.4. The van der Waals surface area contributed by atoms with E-state index in [1.807, 2.05) is 43.3 Å². The molecule has 71 heavy (non-hydrogen) atoms. The van der Waals surface area contributed by atoms with Gasteiger partial charge in [-0.2, -0.15) is 0 Å². The quantitative estimate of drug-likeness (QED) is 0.0411. The number of rotatable bonds is 23. The number of nitrogens with zero attached hydrogens (tertiary/aromatic N) is 3. The Morgan fingerprint density at radius 3 is 2.37 bits per heavy atom. The van der Waals surface area contributed by atoms with Crippen molar-refractivity contribution >= 4 is 52.6 Å². The van der Waals surface area contributed by atoms with Crippen LogP contribution < -0.4 is 37.5 Å². The van der Waals surface area contributed by atoms with Crippen LogP contribution in [0.25, 0.3) is 22.3 Å². The SMILES string of the molecule is C=C(NCC(=O)NCCCC(=O)NC1CCc2c(C)c(F)cc3nc4c(c1c23)Cn1c-4cc(C(C=O)CC)c(COC)c1=O)C(Cc1ccccc1)NC(=O)CNC(=O)CNC(=O)CN1C(=C)C=CC1=O. The summed E-state index contributed by atoms with van der Waals surface area (Å²) in [6.07, 6.45) is 5.74. The molecule has 0 bridgehead atoms. The lowest BCUT2D eigenvalue weighted by Crippen LogP contribution is -2.48. The molecule has 6 amide bonds. The first-order valence-corrected chi connectivity index (χ1v) is 23.5. The molecule has 2 aromatic heterocycles. The molecule has 3 aliphatic rings. The summed E-state index contributed by atoms with van der Waals surface area (Å²) in [5, 5.41) is 17.4. The van der Waals surface area contributed by atoms with E-state index in [4.69, 9.17) is 9.72 Å². The third-order valence-corrected chi connectivity index (χ3v) is 13.0. The lowest BCUT2D eigenvalue weighted by Gasteiger charge is -2.30. The monoisotopic (exact) mass is 971 g/mol. The fourth-order valence-electron chi connectivity index (χ4n) is 9.28. The molecule has 372 valence electrons. The molecule has 4 aromatic rings. The van der Waals surface area contributed by atoms with Crippen LogP contribution in [0.2, 0.25) is 0 Å². The number of benzene rings is 2. The third-order valence-electron chi connectivity index (χ3n) is 13.0. The Bertz CT molecular complexity index is 2900. The number of hydrogen-bond donors (Lipinski definition) is 6. The van der Waals surface area contributed by atoms with Crippen LogP contribution in [0.4, 0.5) is 4.39 Å². The van der Waals surface area contributed by atoms with Gasteiger partial charge in [0.1, 0.15) is 18.6 Å². The van der Waals surface area contributed by atoms with Crippen molar-refractivity contribution < 1.29 is 42.7 Å². The number of amides is 6. The van der Waals surface area contributed by atoms with Crippen molar-refractivity contribution in [2.75, 3.05) is 39.8 Å². The Hall–Kier alpha value is -7.80. The number of fused-ring (bicyclic) bond motifs is 4. The Kier molecular flexibility index (Phi) is 16.4. The average Bonchev–Trinajstić information content (AvgIpc) is 3.88. The number of aryl methyl sites for hydroxylation is 1. The second kappa shape index (κ2) is 22.7. The van der Waals surface area contributed by atoms with Gasteiger partial charge in [0.2, 0.25) is 29.5 Å². The van der Waals surface area contributed by atoms with Gasteiger partial charge in [0.05, 0.1) is 61.8 Å². The maximum Gasteiger partial charge on any atom is 0.257 e. The summed E-state index contributed by atoms with van der Waals surface area (Å²) in [5.41, 5.74) is 6.51. The largest absolute Gasteiger partial charge is 0.380 e. The summed E-state index contributed by atoms with van der Waals surface area (Å²) in [4.78, 5) is 108. The summed E-state index contributed by atoms with van der Waals surface area (Å²) < 4.78 is 22.4. The highest BCUT2D eigenvalue weighted by molar-refractivity contribution is 5.97. The first kappa shape index (κ1) is 51.1. The van der Waals surface area contributed by atoms with Crippen LogP contribution in [0.15, 0.2) is 84.0 Å². The minimum Gasteiger partial charge on any atom is -0.380 e. The van der Waals surface area contributed by atoms with Gasteiger partial charge in [-0.15, -0.1) is 0 Å². The normalized spacial score (nSPS) is 15.1. The molecule has 0 spiro atoms. The van der Waals surface area contributed by atoms with E-state index < -0.39 is 60.5 Å². The number of aromatic nitrogens is 2. The minimum absolute atomic E-state index is 0.0184. The number of hydrogen-bond acceptors (Lipinski definition) is 11. The van der Waals surface area contributed by atoms with E-state index >= 15 is 4.39 Å². The van der Waals surface area contributed by atoms with Crippen molar-refractivity contribution in [2.45, 2.75) is 83.5 Å². The fraction of sp³-hybridized carbons (Fsp3) is 0.365. The van der Waals surface area contributed by atoms with Gasteiger partial charge in [-0.3, -0.25) is 33.6 Å². The zero-order valence-corrected chi connectivity index (χ0v) is 40.0. The van der Waals surface area contributed by atoms with Gasteiger partial charge in [0.15, 0.2) is 0 Å². The van der Waals surface area contributed by atoms with Crippen LogP contribution in [0.1, 0.15) is 83.5 Å². The highest BCUT2D eigenvalue weighted by Crippen LogP contribution is 2.45. The molecule has 0 saturated heterocycles. The molecule has 7 rings (SSSR count). The number of carbonyl (C=O) groups excluding carboxylic acids is 7. The van der Waals surface area contributed by atoms with Gasteiger partial charge in [-0.1, -0.05) is 50.4 Å². The molecule has 6 N–H and O–H groups in total. The molecule has 4 heterocycles. The van der Waals surface area contributed by atoms with Crippen LogP contribution in [-0.2, 0) is 64.3 Å².